The zero-order valence-electron chi connectivity index (χ0n) is 31.1. The van der Waals surface area contributed by atoms with Crippen molar-refractivity contribution in [3.8, 4) is 0 Å². The molecule has 0 N–H and O–H groups in total. The van der Waals surface area contributed by atoms with Gasteiger partial charge in [0.15, 0.2) is 0 Å². The normalized spacial score (nSPS) is 15.8. The molecule has 7 heteroatoms. The van der Waals surface area contributed by atoms with E-state index >= 15 is 0 Å². The molecule has 0 amide bonds. The van der Waals surface area contributed by atoms with Crippen LogP contribution in [-0.2, 0) is 0 Å². The molecule has 0 aliphatic carbocycles. The molecule has 0 nitrogen and oxygen atoms in total. The van der Waals surface area contributed by atoms with Crippen molar-refractivity contribution in [2.45, 2.75) is 104 Å². The van der Waals surface area contributed by atoms with Gasteiger partial charge in [0.05, 0.1) is 14.9 Å². The van der Waals surface area contributed by atoms with Crippen LogP contribution in [0.1, 0.15) is 83.1 Å². The van der Waals surface area contributed by atoms with Gasteiger partial charge in [-0.15, -0.1) is 0 Å². The Bertz CT molecular complexity index is 1310. The first kappa shape index (κ1) is 43.4. The number of benzene rings is 3. The fourth-order valence-corrected chi connectivity index (χ4v) is 13.4. The monoisotopic (exact) mass is 809 g/mol. The Hall–Kier alpha value is 0.405. The van der Waals surface area contributed by atoms with Crippen LogP contribution >= 0.6 is 62.8 Å². The summed E-state index contributed by atoms with van der Waals surface area (Å²) in [7, 11) is 4.65. The number of hydrogen-bond acceptors (Lipinski definition) is 0. The Morgan fingerprint density at radius 3 is 1.09 bits per heavy atom. The quantitative estimate of drug-likeness (QED) is 0.182. The molecule has 0 heterocycles. The van der Waals surface area contributed by atoms with Crippen LogP contribution in [0, 0.1) is 0 Å². The summed E-state index contributed by atoms with van der Waals surface area (Å²) in [6.45, 7) is 37.1. The van der Waals surface area contributed by atoms with Crippen LogP contribution in [0.3, 0.4) is 0 Å². The third kappa shape index (κ3) is 13.0. The van der Waals surface area contributed by atoms with Crippen LogP contribution in [0.15, 0.2) is 81.7 Å². The molecule has 3 aromatic carbocycles. The van der Waals surface area contributed by atoms with Crippen molar-refractivity contribution in [1.82, 2.24) is 0 Å². The van der Waals surface area contributed by atoms with E-state index in [0.717, 1.165) is 4.47 Å². The summed E-state index contributed by atoms with van der Waals surface area (Å²) in [5.41, 5.74) is 0. The standard InChI is InChI=1S/C16H28P2.C11H16BBrP.C11H16BrP/c1-15(2,3)17(7)13-11-9-10-12-14(13)18(8)16(4,5)6;1-11(2,3)14(4,12)10-8-6-5-7-9(10)13;1-11(2,3)13(4)10-8-6-5-7-9(10)12/h9-12H,1-8H3;5-8H,1-4H3;5-8H,1-4H3/q;+1;/t17-,18-;;13-/m0.0/s1. The molecule has 0 aliphatic rings. The van der Waals surface area contributed by atoms with Gasteiger partial charge in [-0.05, 0) is 113 Å². The van der Waals surface area contributed by atoms with Gasteiger partial charge in [0.2, 0.25) is 0 Å². The Labute approximate surface area is 301 Å². The fourth-order valence-electron chi connectivity index (χ4n) is 4.03. The molecular weight excluding hydrogens is 751 g/mol. The Kier molecular flexibility index (Phi) is 16.8. The largest absolute Gasteiger partial charge is 0.371 e. The van der Waals surface area contributed by atoms with Crippen molar-refractivity contribution in [2.75, 3.05) is 26.7 Å². The van der Waals surface area contributed by atoms with Gasteiger partial charge in [-0.2, -0.15) is 0 Å². The maximum Gasteiger partial charge on any atom is 0.371 e. The molecule has 45 heavy (non-hydrogen) atoms. The van der Waals surface area contributed by atoms with Crippen molar-refractivity contribution in [1.29, 1.82) is 0 Å². The van der Waals surface area contributed by atoms with Gasteiger partial charge in [-0.25, -0.2) is 0 Å². The molecule has 4 atom stereocenters. The summed E-state index contributed by atoms with van der Waals surface area (Å²) in [5, 5.41) is 7.28. The highest BCUT2D eigenvalue weighted by Crippen LogP contribution is 2.61. The number of rotatable bonds is 4. The van der Waals surface area contributed by atoms with E-state index in [-0.39, 0.29) is 28.9 Å². The average Bonchev–Trinajstić information content (AvgIpc) is 2.91. The summed E-state index contributed by atoms with van der Waals surface area (Å²) in [4.78, 5) is 0. The van der Waals surface area contributed by atoms with Gasteiger partial charge < -0.3 is 0 Å². The molecule has 0 aliphatic heterocycles. The van der Waals surface area contributed by atoms with Crippen molar-refractivity contribution < 1.29 is 0 Å². The Morgan fingerprint density at radius 1 is 0.489 bits per heavy atom. The van der Waals surface area contributed by atoms with E-state index < -0.39 is 7.14 Å². The van der Waals surface area contributed by atoms with Gasteiger partial charge in [0.1, 0.15) is 0 Å². The first-order chi connectivity index (χ1) is 20.2. The highest BCUT2D eigenvalue weighted by atomic mass is 79.9. The van der Waals surface area contributed by atoms with Gasteiger partial charge in [-0.3, -0.25) is 0 Å². The minimum Gasteiger partial charge on any atom is -0.0723 e. The molecule has 1 unspecified atom stereocenters. The minimum absolute atomic E-state index is 0.0844. The molecule has 0 saturated heterocycles. The van der Waals surface area contributed by atoms with Crippen LogP contribution in [0.5, 0.6) is 0 Å². The van der Waals surface area contributed by atoms with E-state index in [9.17, 15) is 0 Å². The van der Waals surface area contributed by atoms with Gasteiger partial charge in [0, 0.05) is 11.1 Å². The second-order valence-corrected chi connectivity index (χ2v) is 30.3. The van der Waals surface area contributed by atoms with Crippen LogP contribution in [0.4, 0.5) is 0 Å². The summed E-state index contributed by atoms with van der Waals surface area (Å²) in [6.07, 6.45) is 0. The molecule has 0 fully saturated rings. The summed E-state index contributed by atoms with van der Waals surface area (Å²) >= 11 is 7.18. The lowest BCUT2D eigenvalue weighted by molar-refractivity contribution is 0.787. The lowest BCUT2D eigenvalue weighted by Crippen LogP contribution is -2.31. The topological polar surface area (TPSA) is 0 Å². The minimum atomic E-state index is -1.56. The number of halogens is 2. The molecule has 2 radical (unpaired) electrons. The lowest BCUT2D eigenvalue weighted by atomic mass is 10.2. The van der Waals surface area contributed by atoms with Gasteiger partial charge in [0.25, 0.3) is 0 Å². The maximum absolute atomic E-state index is 6.50. The van der Waals surface area contributed by atoms with Crippen LogP contribution in [0.25, 0.3) is 0 Å². The van der Waals surface area contributed by atoms with E-state index in [4.69, 9.17) is 7.57 Å². The van der Waals surface area contributed by atoms with E-state index in [0.29, 0.717) is 15.5 Å². The zero-order valence-corrected chi connectivity index (χ0v) is 37.8. The van der Waals surface area contributed by atoms with E-state index in [1.165, 1.54) is 15.1 Å². The van der Waals surface area contributed by atoms with Crippen molar-refractivity contribution in [2.24, 2.45) is 0 Å². The number of hydrogen-bond donors (Lipinski definition) is 0. The molecule has 0 saturated carbocycles. The van der Waals surface area contributed by atoms with Gasteiger partial charge >= 0.3 is 7.57 Å². The molecule has 0 bridgehead atoms. The van der Waals surface area contributed by atoms with E-state index in [1.54, 1.807) is 10.6 Å². The third-order valence-corrected chi connectivity index (χ3v) is 24.3. The summed E-state index contributed by atoms with van der Waals surface area (Å²) in [5.74, 6) is 0. The second-order valence-electron chi connectivity index (χ2n) is 15.8. The highest BCUT2D eigenvalue weighted by molar-refractivity contribution is 9.11. The first-order valence-electron chi connectivity index (χ1n) is 15.7. The summed E-state index contributed by atoms with van der Waals surface area (Å²) in [6, 6.07) is 25.9. The third-order valence-electron chi connectivity index (χ3n) is 8.58. The fraction of sp³-hybridized carbons (Fsp3) is 0.526. The van der Waals surface area contributed by atoms with Crippen LogP contribution in [-0.4, -0.2) is 54.8 Å². The molecule has 3 rings (SSSR count). The molecule has 0 spiro atoms. The van der Waals surface area contributed by atoms with E-state index in [1.807, 2.05) is 6.07 Å². The predicted molar refractivity (Wildman–Crippen MR) is 229 cm³/mol. The van der Waals surface area contributed by atoms with Crippen molar-refractivity contribution in [3.05, 3.63) is 81.7 Å². The predicted octanol–water partition coefficient (Wildman–Crippen LogP) is 12.3. The van der Waals surface area contributed by atoms with Crippen molar-refractivity contribution in [3.63, 3.8) is 0 Å². The van der Waals surface area contributed by atoms with Crippen molar-refractivity contribution >= 4 is 91.5 Å². The Balaban J connectivity index is 0.000000343. The van der Waals surface area contributed by atoms with E-state index in [2.05, 4.69) is 208 Å². The maximum atomic E-state index is 6.50. The van der Waals surface area contributed by atoms with Crippen LogP contribution < -0.4 is 21.2 Å². The SMILES string of the molecule is C[P@@](c1ccccc1Br)C(C)(C)C.C[P@@](c1ccccc1[P@](C)C(C)(C)C)C(C)(C)C.[B][P+](C)(c1ccccc1Br)C(C)(C)C. The smallest absolute Gasteiger partial charge is 0.0723 e. The zero-order chi connectivity index (χ0) is 35.2. The highest BCUT2D eigenvalue weighted by Gasteiger charge is 2.43. The van der Waals surface area contributed by atoms with Gasteiger partial charge in [-0.1, -0.05) is 157 Å². The molecule has 248 valence electrons. The summed E-state index contributed by atoms with van der Waals surface area (Å²) < 4.78 is 2.38. The molecular formula is C38H60BBr2P4+. The molecule has 3 aromatic rings. The second kappa shape index (κ2) is 17.4. The Morgan fingerprint density at radius 2 is 0.778 bits per heavy atom. The molecule has 0 aromatic heterocycles. The lowest BCUT2D eigenvalue weighted by Gasteiger charge is -2.35. The van der Waals surface area contributed by atoms with Crippen LogP contribution in [0.2, 0.25) is 0 Å². The average molecular weight is 811 g/mol. The first-order valence-corrected chi connectivity index (χ1v) is 25.0.